The number of halogens is 1. The Hall–Kier alpha value is -2.37. The molecule has 1 aromatic heterocycles. The fraction of sp³-hybridized carbons (Fsp3) is 0.231. The van der Waals surface area contributed by atoms with E-state index < -0.39 is 5.97 Å². The summed E-state index contributed by atoms with van der Waals surface area (Å²) >= 11 is 0. The lowest BCUT2D eigenvalue weighted by Gasteiger charge is -2.03. The summed E-state index contributed by atoms with van der Waals surface area (Å²) in [6.45, 7) is 2.36. The van der Waals surface area contributed by atoms with E-state index in [2.05, 4.69) is 5.10 Å². The van der Waals surface area contributed by atoms with E-state index >= 15 is 0 Å². The highest BCUT2D eigenvalue weighted by molar-refractivity contribution is 5.85. The van der Waals surface area contributed by atoms with Gasteiger partial charge >= 0.3 is 5.97 Å². The molecule has 0 unspecified atom stereocenters. The number of hydrogen-bond acceptors (Lipinski definition) is 3. The minimum absolute atomic E-state index is 0.0940. The maximum atomic E-state index is 12.9. The predicted molar refractivity (Wildman–Crippen MR) is 65.6 cm³/mol. The Morgan fingerprint density at radius 3 is 2.84 bits per heavy atom. The Morgan fingerprint density at radius 1 is 1.47 bits per heavy atom. The maximum Gasteiger partial charge on any atom is 0.354 e. The lowest BCUT2D eigenvalue weighted by molar-refractivity contribution is 0.0683. The van der Waals surface area contributed by atoms with Gasteiger partial charge in [-0.15, -0.1) is 0 Å². The number of carboxylic acid groups (broad SMARTS) is 1. The number of nitrogens with zero attached hydrogens (tertiary/aromatic N) is 2. The van der Waals surface area contributed by atoms with Crippen LogP contribution in [0.1, 0.15) is 23.1 Å². The first-order chi connectivity index (χ1) is 9.10. The van der Waals surface area contributed by atoms with Crippen LogP contribution in [0.3, 0.4) is 0 Å². The molecule has 5 nitrogen and oxygen atoms in total. The van der Waals surface area contributed by atoms with Gasteiger partial charge in [-0.05, 0) is 25.1 Å². The Labute approximate surface area is 109 Å². The van der Waals surface area contributed by atoms with Crippen molar-refractivity contribution in [3.05, 3.63) is 47.5 Å². The van der Waals surface area contributed by atoms with Crippen LogP contribution in [0.4, 0.5) is 4.39 Å². The van der Waals surface area contributed by atoms with E-state index in [0.717, 1.165) is 0 Å². The second-order valence-electron chi connectivity index (χ2n) is 3.89. The monoisotopic (exact) mass is 264 g/mol. The molecule has 100 valence electrons. The topological polar surface area (TPSA) is 64.4 Å². The first-order valence-corrected chi connectivity index (χ1v) is 5.78. The van der Waals surface area contributed by atoms with Crippen LogP contribution in [0.25, 0.3) is 0 Å². The molecule has 0 saturated heterocycles. The zero-order valence-corrected chi connectivity index (χ0v) is 10.3. The second kappa shape index (κ2) is 5.51. The zero-order chi connectivity index (χ0) is 13.8. The quantitative estimate of drug-likeness (QED) is 0.900. The number of benzene rings is 1. The summed E-state index contributed by atoms with van der Waals surface area (Å²) in [6.07, 6.45) is 0. The SMILES string of the molecule is CCn1nc(COc2cccc(F)c2)cc1C(=O)O. The fourth-order valence-corrected chi connectivity index (χ4v) is 1.67. The van der Waals surface area contributed by atoms with Gasteiger partial charge in [-0.1, -0.05) is 6.07 Å². The molecule has 2 rings (SSSR count). The third-order valence-electron chi connectivity index (χ3n) is 2.53. The van der Waals surface area contributed by atoms with Crippen molar-refractivity contribution in [2.24, 2.45) is 0 Å². The molecule has 0 atom stereocenters. The van der Waals surface area contributed by atoms with Gasteiger partial charge in [0.15, 0.2) is 0 Å². The molecule has 0 aliphatic rings. The van der Waals surface area contributed by atoms with E-state index in [1.165, 1.54) is 28.9 Å². The normalized spacial score (nSPS) is 10.4. The lowest BCUT2D eigenvalue weighted by atomic mass is 10.3. The van der Waals surface area contributed by atoms with Crippen LogP contribution in [0, 0.1) is 5.82 Å². The van der Waals surface area contributed by atoms with Crippen molar-refractivity contribution in [1.29, 1.82) is 0 Å². The molecule has 1 heterocycles. The Bertz CT molecular complexity index is 595. The van der Waals surface area contributed by atoms with Crippen molar-refractivity contribution < 1.29 is 19.0 Å². The molecular formula is C13H13FN2O3. The van der Waals surface area contributed by atoms with Crippen LogP contribution in [0.15, 0.2) is 30.3 Å². The first-order valence-electron chi connectivity index (χ1n) is 5.78. The molecule has 0 aliphatic heterocycles. The average molecular weight is 264 g/mol. The van der Waals surface area contributed by atoms with E-state index in [9.17, 15) is 9.18 Å². The van der Waals surface area contributed by atoms with Gasteiger partial charge < -0.3 is 9.84 Å². The van der Waals surface area contributed by atoms with Crippen molar-refractivity contribution >= 4 is 5.97 Å². The van der Waals surface area contributed by atoms with Crippen LogP contribution in [0.2, 0.25) is 0 Å². The largest absolute Gasteiger partial charge is 0.487 e. The van der Waals surface area contributed by atoms with Crippen LogP contribution in [-0.2, 0) is 13.2 Å². The summed E-state index contributed by atoms with van der Waals surface area (Å²) in [5.41, 5.74) is 0.601. The van der Waals surface area contributed by atoms with E-state index in [0.29, 0.717) is 18.0 Å². The number of hydrogen-bond donors (Lipinski definition) is 1. The number of aromatic nitrogens is 2. The van der Waals surface area contributed by atoms with Crippen molar-refractivity contribution in [2.45, 2.75) is 20.1 Å². The fourth-order valence-electron chi connectivity index (χ4n) is 1.67. The highest BCUT2D eigenvalue weighted by atomic mass is 19.1. The number of aryl methyl sites for hydroxylation is 1. The smallest absolute Gasteiger partial charge is 0.354 e. The summed E-state index contributed by atoms with van der Waals surface area (Å²) in [5.74, 6) is -1.04. The van der Waals surface area contributed by atoms with Gasteiger partial charge in [0.05, 0.1) is 0 Å². The van der Waals surface area contributed by atoms with E-state index in [1.807, 2.05) is 0 Å². The minimum atomic E-state index is -1.04. The van der Waals surface area contributed by atoms with Crippen molar-refractivity contribution in [2.75, 3.05) is 0 Å². The minimum Gasteiger partial charge on any atom is -0.487 e. The summed E-state index contributed by atoms with van der Waals surface area (Å²) in [6, 6.07) is 7.19. The Balaban J connectivity index is 2.09. The lowest BCUT2D eigenvalue weighted by Crippen LogP contribution is -2.08. The molecule has 0 bridgehead atoms. The number of ether oxygens (including phenoxy) is 1. The highest BCUT2D eigenvalue weighted by Crippen LogP contribution is 2.14. The molecular weight excluding hydrogens is 251 g/mol. The summed E-state index contributed by atoms with van der Waals surface area (Å²) in [5, 5.41) is 13.1. The predicted octanol–water partition coefficient (Wildman–Crippen LogP) is 2.32. The molecule has 0 aliphatic carbocycles. The number of carbonyl (C=O) groups is 1. The Kier molecular flexibility index (Phi) is 3.79. The van der Waals surface area contributed by atoms with Crippen molar-refractivity contribution in [3.8, 4) is 5.75 Å². The molecule has 0 saturated carbocycles. The van der Waals surface area contributed by atoms with Gasteiger partial charge in [0.25, 0.3) is 0 Å². The standard InChI is InChI=1S/C13H13FN2O3/c1-2-16-12(13(17)18)7-10(15-16)8-19-11-5-3-4-9(14)6-11/h3-7H,2,8H2,1H3,(H,17,18). The number of rotatable bonds is 5. The molecule has 2 aromatic rings. The van der Waals surface area contributed by atoms with Gasteiger partial charge in [0, 0.05) is 12.6 Å². The summed E-state index contributed by atoms with van der Waals surface area (Å²) in [4.78, 5) is 11.0. The van der Waals surface area contributed by atoms with Crippen LogP contribution >= 0.6 is 0 Å². The Morgan fingerprint density at radius 2 is 2.26 bits per heavy atom. The van der Waals surface area contributed by atoms with Crippen molar-refractivity contribution in [1.82, 2.24) is 9.78 Å². The van der Waals surface area contributed by atoms with E-state index in [1.54, 1.807) is 13.0 Å². The third kappa shape index (κ3) is 3.09. The van der Waals surface area contributed by atoms with E-state index in [-0.39, 0.29) is 18.1 Å². The molecule has 1 aromatic carbocycles. The van der Waals surface area contributed by atoms with Gasteiger partial charge in [0.1, 0.15) is 29.6 Å². The summed E-state index contributed by atoms with van der Waals surface area (Å²) < 4.78 is 19.7. The maximum absolute atomic E-state index is 12.9. The van der Waals surface area contributed by atoms with Gasteiger partial charge in [-0.25, -0.2) is 9.18 Å². The molecule has 0 spiro atoms. The highest BCUT2D eigenvalue weighted by Gasteiger charge is 2.13. The van der Waals surface area contributed by atoms with Crippen LogP contribution < -0.4 is 4.74 Å². The van der Waals surface area contributed by atoms with Gasteiger partial charge in [-0.2, -0.15) is 5.10 Å². The molecule has 6 heteroatoms. The first kappa shape index (κ1) is 13.1. The van der Waals surface area contributed by atoms with Gasteiger partial charge in [-0.3, -0.25) is 4.68 Å². The third-order valence-corrected chi connectivity index (χ3v) is 2.53. The molecule has 0 amide bonds. The van der Waals surface area contributed by atoms with Crippen LogP contribution in [-0.4, -0.2) is 20.9 Å². The van der Waals surface area contributed by atoms with Gasteiger partial charge in [0.2, 0.25) is 0 Å². The average Bonchev–Trinajstić information content (AvgIpc) is 2.80. The second-order valence-corrected chi connectivity index (χ2v) is 3.89. The molecule has 19 heavy (non-hydrogen) atoms. The van der Waals surface area contributed by atoms with Crippen molar-refractivity contribution in [3.63, 3.8) is 0 Å². The molecule has 0 fully saturated rings. The van der Waals surface area contributed by atoms with E-state index in [4.69, 9.17) is 9.84 Å². The molecule has 0 radical (unpaired) electrons. The zero-order valence-electron chi connectivity index (χ0n) is 10.3. The van der Waals surface area contributed by atoms with Crippen LogP contribution in [0.5, 0.6) is 5.75 Å². The molecule has 1 N–H and O–H groups in total. The summed E-state index contributed by atoms with van der Waals surface area (Å²) in [7, 11) is 0. The number of carboxylic acids is 1. The number of aromatic carboxylic acids is 1.